The standard InChI is InChI=1S/C20H21N5O2S/c1-13-8-6-7-11-16(13)22-20-24-17(23-19(21)25-20)12-27-18(26)14(2)28-15-9-4-3-5-10-15/h3-11,14H,12H2,1-2H3,(H3,21,22,23,24,25)/t14-/m0/s1. The fourth-order valence-electron chi connectivity index (χ4n) is 2.40. The van der Waals surface area contributed by atoms with Gasteiger partial charge in [-0.3, -0.25) is 4.79 Å². The Morgan fingerprint density at radius 2 is 1.82 bits per heavy atom. The lowest BCUT2D eigenvalue weighted by molar-refractivity contribution is -0.144. The Morgan fingerprint density at radius 3 is 2.57 bits per heavy atom. The minimum Gasteiger partial charge on any atom is -0.457 e. The number of nitrogen functional groups attached to an aromatic ring is 1. The van der Waals surface area contributed by atoms with Gasteiger partial charge < -0.3 is 15.8 Å². The highest BCUT2D eigenvalue weighted by molar-refractivity contribution is 8.00. The van der Waals surface area contributed by atoms with Crippen LogP contribution in [-0.4, -0.2) is 26.2 Å². The van der Waals surface area contributed by atoms with Crippen molar-refractivity contribution in [2.75, 3.05) is 11.1 Å². The van der Waals surface area contributed by atoms with Crippen molar-refractivity contribution in [1.82, 2.24) is 15.0 Å². The maximum Gasteiger partial charge on any atom is 0.319 e. The number of thioether (sulfide) groups is 1. The molecule has 2 aromatic carbocycles. The number of carbonyl (C=O) groups excluding carboxylic acids is 1. The van der Waals surface area contributed by atoms with Crippen LogP contribution in [0.15, 0.2) is 59.5 Å². The number of rotatable bonds is 7. The molecule has 0 spiro atoms. The maximum atomic E-state index is 12.3. The van der Waals surface area contributed by atoms with E-state index in [4.69, 9.17) is 10.5 Å². The van der Waals surface area contributed by atoms with Crippen molar-refractivity contribution in [3.05, 3.63) is 66.0 Å². The summed E-state index contributed by atoms with van der Waals surface area (Å²) in [5.74, 6) is 0.304. The lowest BCUT2D eigenvalue weighted by Gasteiger charge is -2.12. The van der Waals surface area contributed by atoms with Gasteiger partial charge in [-0.15, -0.1) is 11.8 Å². The van der Waals surface area contributed by atoms with Crippen molar-refractivity contribution >= 4 is 35.3 Å². The van der Waals surface area contributed by atoms with Gasteiger partial charge in [-0.2, -0.15) is 15.0 Å². The molecule has 7 nitrogen and oxygen atoms in total. The molecule has 0 unspecified atom stereocenters. The molecule has 0 amide bonds. The number of para-hydroxylation sites is 1. The normalized spacial score (nSPS) is 11.6. The van der Waals surface area contributed by atoms with Gasteiger partial charge in [0, 0.05) is 10.6 Å². The summed E-state index contributed by atoms with van der Waals surface area (Å²) in [4.78, 5) is 25.7. The van der Waals surface area contributed by atoms with E-state index in [1.54, 1.807) is 6.92 Å². The Kier molecular flexibility index (Phi) is 6.44. The predicted octanol–water partition coefficient (Wildman–Crippen LogP) is 3.73. The quantitative estimate of drug-likeness (QED) is 0.461. The van der Waals surface area contributed by atoms with Gasteiger partial charge >= 0.3 is 5.97 Å². The lowest BCUT2D eigenvalue weighted by Crippen LogP contribution is -2.18. The molecule has 28 heavy (non-hydrogen) atoms. The van der Waals surface area contributed by atoms with Crippen LogP contribution in [-0.2, 0) is 16.1 Å². The lowest BCUT2D eigenvalue weighted by atomic mass is 10.2. The van der Waals surface area contributed by atoms with Crippen LogP contribution in [0.2, 0.25) is 0 Å². The zero-order valence-corrected chi connectivity index (χ0v) is 16.4. The number of hydrogen-bond donors (Lipinski definition) is 2. The number of nitrogens with one attached hydrogen (secondary N) is 1. The van der Waals surface area contributed by atoms with E-state index in [1.807, 2.05) is 61.5 Å². The van der Waals surface area contributed by atoms with Crippen LogP contribution in [0.4, 0.5) is 17.6 Å². The van der Waals surface area contributed by atoms with Gasteiger partial charge in [0.05, 0.1) is 0 Å². The van der Waals surface area contributed by atoms with E-state index >= 15 is 0 Å². The molecule has 0 radical (unpaired) electrons. The van der Waals surface area contributed by atoms with Gasteiger partial charge in [0.15, 0.2) is 12.4 Å². The molecule has 0 aliphatic rings. The van der Waals surface area contributed by atoms with E-state index in [0.29, 0.717) is 5.95 Å². The van der Waals surface area contributed by atoms with Gasteiger partial charge in [-0.05, 0) is 37.6 Å². The van der Waals surface area contributed by atoms with Crippen LogP contribution in [0.25, 0.3) is 0 Å². The van der Waals surface area contributed by atoms with Crippen LogP contribution >= 0.6 is 11.8 Å². The first-order valence-electron chi connectivity index (χ1n) is 8.72. The molecule has 0 aliphatic heterocycles. The Hall–Kier alpha value is -3.13. The fourth-order valence-corrected chi connectivity index (χ4v) is 3.28. The molecule has 144 valence electrons. The van der Waals surface area contributed by atoms with E-state index < -0.39 is 0 Å². The van der Waals surface area contributed by atoms with Crippen LogP contribution < -0.4 is 11.1 Å². The summed E-state index contributed by atoms with van der Waals surface area (Å²) < 4.78 is 5.35. The Morgan fingerprint density at radius 1 is 1.11 bits per heavy atom. The summed E-state index contributed by atoms with van der Waals surface area (Å²) in [7, 11) is 0. The molecule has 3 N–H and O–H groups in total. The van der Waals surface area contributed by atoms with Crippen LogP contribution in [0.3, 0.4) is 0 Å². The summed E-state index contributed by atoms with van der Waals surface area (Å²) >= 11 is 1.43. The van der Waals surface area contributed by atoms with Crippen molar-refractivity contribution in [3.8, 4) is 0 Å². The number of esters is 1. The fraction of sp³-hybridized carbons (Fsp3) is 0.200. The highest BCUT2D eigenvalue weighted by Crippen LogP contribution is 2.23. The molecule has 0 fully saturated rings. The molecule has 8 heteroatoms. The molecular formula is C20H21N5O2S. The molecule has 3 rings (SSSR count). The number of aromatic nitrogens is 3. The van der Waals surface area contributed by atoms with Crippen molar-refractivity contribution in [1.29, 1.82) is 0 Å². The molecule has 1 aromatic heterocycles. The summed E-state index contributed by atoms with van der Waals surface area (Å²) in [5, 5.41) is 2.75. The Bertz CT molecular complexity index is 952. The van der Waals surface area contributed by atoms with Crippen molar-refractivity contribution in [2.24, 2.45) is 0 Å². The number of nitrogens with two attached hydrogens (primary N) is 1. The second kappa shape index (κ2) is 9.18. The summed E-state index contributed by atoms with van der Waals surface area (Å²) in [6.45, 7) is 3.70. The number of carbonyl (C=O) groups is 1. The highest BCUT2D eigenvalue weighted by Gasteiger charge is 2.17. The van der Waals surface area contributed by atoms with Gasteiger partial charge in [-0.25, -0.2) is 0 Å². The zero-order valence-electron chi connectivity index (χ0n) is 15.6. The van der Waals surface area contributed by atoms with Gasteiger partial charge in [0.1, 0.15) is 5.25 Å². The van der Waals surface area contributed by atoms with Crippen LogP contribution in [0.1, 0.15) is 18.3 Å². The summed E-state index contributed by atoms with van der Waals surface area (Å²) in [6.07, 6.45) is 0. The van der Waals surface area contributed by atoms with E-state index in [0.717, 1.165) is 16.1 Å². The predicted molar refractivity (Wildman–Crippen MR) is 110 cm³/mol. The van der Waals surface area contributed by atoms with Crippen molar-refractivity contribution in [2.45, 2.75) is 30.6 Å². The second-order valence-electron chi connectivity index (χ2n) is 6.05. The topological polar surface area (TPSA) is 103 Å². The summed E-state index contributed by atoms with van der Waals surface area (Å²) in [6, 6.07) is 17.4. The number of ether oxygens (including phenoxy) is 1. The first kappa shape index (κ1) is 19.6. The molecule has 0 bridgehead atoms. The van der Waals surface area contributed by atoms with Crippen molar-refractivity contribution in [3.63, 3.8) is 0 Å². The van der Waals surface area contributed by atoms with Gasteiger partial charge in [0.25, 0.3) is 0 Å². The third kappa shape index (κ3) is 5.43. The summed E-state index contributed by atoms with van der Waals surface area (Å²) in [5.41, 5.74) is 7.68. The van der Waals surface area contributed by atoms with Crippen molar-refractivity contribution < 1.29 is 9.53 Å². The van der Waals surface area contributed by atoms with E-state index in [-0.39, 0.29) is 29.6 Å². The number of aryl methyl sites for hydroxylation is 1. The molecular weight excluding hydrogens is 374 g/mol. The Balaban J connectivity index is 1.62. The maximum absolute atomic E-state index is 12.3. The van der Waals surface area contributed by atoms with E-state index in [1.165, 1.54) is 11.8 Å². The molecule has 0 aliphatic carbocycles. The monoisotopic (exact) mass is 395 g/mol. The minimum absolute atomic E-state index is 0.0591. The zero-order chi connectivity index (χ0) is 19.9. The molecule has 0 saturated carbocycles. The Labute approximate surface area is 167 Å². The first-order chi connectivity index (χ1) is 13.5. The van der Waals surface area contributed by atoms with Crippen LogP contribution in [0, 0.1) is 6.92 Å². The second-order valence-corrected chi connectivity index (χ2v) is 7.47. The molecule has 3 aromatic rings. The number of nitrogens with zero attached hydrogens (tertiary/aromatic N) is 3. The van der Waals surface area contributed by atoms with E-state index in [2.05, 4.69) is 20.3 Å². The average Bonchev–Trinajstić information content (AvgIpc) is 2.68. The minimum atomic E-state index is -0.355. The number of anilines is 3. The van der Waals surface area contributed by atoms with E-state index in [9.17, 15) is 4.79 Å². The smallest absolute Gasteiger partial charge is 0.319 e. The number of benzene rings is 2. The van der Waals surface area contributed by atoms with Gasteiger partial charge in [-0.1, -0.05) is 36.4 Å². The first-order valence-corrected chi connectivity index (χ1v) is 9.60. The molecule has 1 heterocycles. The highest BCUT2D eigenvalue weighted by atomic mass is 32.2. The molecule has 0 saturated heterocycles. The molecule has 1 atom stereocenters. The van der Waals surface area contributed by atoms with Crippen LogP contribution in [0.5, 0.6) is 0 Å². The average molecular weight is 395 g/mol. The largest absolute Gasteiger partial charge is 0.457 e. The number of hydrogen-bond acceptors (Lipinski definition) is 8. The third-order valence-corrected chi connectivity index (χ3v) is 4.91. The SMILES string of the molecule is Cc1ccccc1Nc1nc(N)nc(COC(=O)[C@H](C)Sc2ccccc2)n1. The third-order valence-electron chi connectivity index (χ3n) is 3.82. The van der Waals surface area contributed by atoms with Gasteiger partial charge in [0.2, 0.25) is 11.9 Å².